The van der Waals surface area contributed by atoms with E-state index in [-0.39, 0.29) is 30.1 Å². The number of hydrogen-bond acceptors (Lipinski definition) is 4. The van der Waals surface area contributed by atoms with Crippen LogP contribution in [0.5, 0.6) is 5.75 Å². The zero-order chi connectivity index (χ0) is 13.0. The second-order valence-corrected chi connectivity index (χ2v) is 5.65. The lowest BCUT2D eigenvalue weighted by molar-refractivity contribution is -0.116. The van der Waals surface area contributed by atoms with Gasteiger partial charge in [0.15, 0.2) is 0 Å². The summed E-state index contributed by atoms with van der Waals surface area (Å²) in [7, 11) is 0. The number of nitrogens with one attached hydrogen (secondary N) is 2. The zero-order valence-electron chi connectivity index (χ0n) is 10.8. The first-order valence-electron chi connectivity index (χ1n) is 6.06. The summed E-state index contributed by atoms with van der Waals surface area (Å²) in [6.07, 6.45) is 0.445. The van der Waals surface area contributed by atoms with Crippen LogP contribution in [0.2, 0.25) is 0 Å². The summed E-state index contributed by atoms with van der Waals surface area (Å²) in [4.78, 5) is 11.9. The molecule has 1 aromatic carbocycles. The van der Waals surface area contributed by atoms with E-state index in [2.05, 4.69) is 10.6 Å². The molecule has 1 aromatic rings. The van der Waals surface area contributed by atoms with E-state index in [4.69, 9.17) is 0 Å². The van der Waals surface area contributed by atoms with Gasteiger partial charge in [0.2, 0.25) is 5.91 Å². The molecular weight excluding hydrogens is 284 g/mol. The molecule has 0 spiro atoms. The lowest BCUT2D eigenvalue weighted by Gasteiger charge is -2.22. The van der Waals surface area contributed by atoms with Gasteiger partial charge >= 0.3 is 0 Å². The number of aromatic hydroxyl groups is 1. The molecule has 106 valence electrons. The van der Waals surface area contributed by atoms with Gasteiger partial charge in [-0.25, -0.2) is 0 Å². The van der Waals surface area contributed by atoms with Crippen LogP contribution in [0, 0.1) is 6.92 Å². The molecule has 2 rings (SSSR count). The van der Waals surface area contributed by atoms with Gasteiger partial charge in [-0.05, 0) is 24.6 Å². The molecule has 4 nitrogen and oxygen atoms in total. The topological polar surface area (TPSA) is 61.4 Å². The number of thioether (sulfide) groups is 1. The third kappa shape index (κ3) is 4.93. The molecule has 1 aliphatic heterocycles. The Bertz CT molecular complexity index is 437. The van der Waals surface area contributed by atoms with Gasteiger partial charge in [0.1, 0.15) is 5.75 Å². The maximum Gasteiger partial charge on any atom is 0.226 e. The number of benzene rings is 1. The molecule has 1 saturated heterocycles. The second-order valence-electron chi connectivity index (χ2n) is 4.50. The number of aryl methyl sites for hydroxylation is 1. The quantitative estimate of drug-likeness (QED) is 0.749. The lowest BCUT2D eigenvalue weighted by atomic mass is 10.2. The summed E-state index contributed by atoms with van der Waals surface area (Å²) in [5.41, 5.74) is 1.50. The first-order valence-corrected chi connectivity index (χ1v) is 7.21. The van der Waals surface area contributed by atoms with Gasteiger partial charge in [-0.1, -0.05) is 6.07 Å². The van der Waals surface area contributed by atoms with E-state index in [9.17, 15) is 9.90 Å². The smallest absolute Gasteiger partial charge is 0.226 e. The van der Waals surface area contributed by atoms with E-state index in [0.29, 0.717) is 12.1 Å². The maximum absolute atomic E-state index is 11.9. The van der Waals surface area contributed by atoms with Gasteiger partial charge in [0.05, 0.1) is 5.69 Å². The molecule has 0 saturated carbocycles. The van der Waals surface area contributed by atoms with Crippen LogP contribution in [0.1, 0.15) is 12.0 Å². The molecule has 0 bridgehead atoms. The average molecular weight is 303 g/mol. The predicted molar refractivity (Wildman–Crippen MR) is 82.5 cm³/mol. The minimum atomic E-state index is -0.0594. The molecule has 19 heavy (non-hydrogen) atoms. The Morgan fingerprint density at radius 2 is 2.37 bits per heavy atom. The third-order valence-electron chi connectivity index (χ3n) is 2.86. The van der Waals surface area contributed by atoms with Crippen molar-refractivity contribution in [3.63, 3.8) is 0 Å². The monoisotopic (exact) mass is 302 g/mol. The summed E-state index contributed by atoms with van der Waals surface area (Å²) in [5, 5.41) is 15.7. The normalized spacial score (nSPS) is 18.5. The van der Waals surface area contributed by atoms with Crippen molar-refractivity contribution in [2.45, 2.75) is 19.4 Å². The number of anilines is 1. The molecular formula is C13H19ClN2O2S. The lowest BCUT2D eigenvalue weighted by Crippen LogP contribution is -2.39. The van der Waals surface area contributed by atoms with Gasteiger partial charge in [0, 0.05) is 30.5 Å². The highest BCUT2D eigenvalue weighted by Crippen LogP contribution is 2.24. The van der Waals surface area contributed by atoms with Crippen LogP contribution in [0.15, 0.2) is 18.2 Å². The molecule has 0 radical (unpaired) electrons. The van der Waals surface area contributed by atoms with Crippen molar-refractivity contribution in [2.75, 3.05) is 23.4 Å². The molecule has 1 aliphatic rings. The highest BCUT2D eigenvalue weighted by atomic mass is 35.5. The minimum absolute atomic E-state index is 0. The predicted octanol–water partition coefficient (Wildman–Crippen LogP) is 2.16. The van der Waals surface area contributed by atoms with Crippen molar-refractivity contribution < 1.29 is 9.90 Å². The number of phenolic OH excluding ortho intramolecular Hbond substituents is 1. The first-order chi connectivity index (χ1) is 8.65. The minimum Gasteiger partial charge on any atom is -0.506 e. The Morgan fingerprint density at radius 1 is 1.58 bits per heavy atom. The number of hydrogen-bond donors (Lipinski definition) is 3. The van der Waals surface area contributed by atoms with Crippen LogP contribution >= 0.6 is 24.2 Å². The van der Waals surface area contributed by atoms with E-state index in [1.54, 1.807) is 12.1 Å². The van der Waals surface area contributed by atoms with E-state index in [1.807, 2.05) is 24.8 Å². The van der Waals surface area contributed by atoms with Crippen LogP contribution in [0.3, 0.4) is 0 Å². The summed E-state index contributed by atoms with van der Waals surface area (Å²) in [6, 6.07) is 5.41. The van der Waals surface area contributed by atoms with E-state index >= 15 is 0 Å². The number of phenols is 1. The largest absolute Gasteiger partial charge is 0.506 e. The Balaban J connectivity index is 0.00000180. The molecule has 6 heteroatoms. The summed E-state index contributed by atoms with van der Waals surface area (Å²) >= 11 is 1.87. The summed E-state index contributed by atoms with van der Waals surface area (Å²) < 4.78 is 0. The van der Waals surface area contributed by atoms with Gasteiger partial charge in [-0.3, -0.25) is 4.79 Å². The van der Waals surface area contributed by atoms with Crippen LogP contribution in [0.4, 0.5) is 5.69 Å². The third-order valence-corrected chi connectivity index (χ3v) is 3.99. The van der Waals surface area contributed by atoms with E-state index < -0.39 is 0 Å². The maximum atomic E-state index is 11.9. The highest BCUT2D eigenvalue weighted by Gasteiger charge is 2.17. The molecule has 0 aromatic heterocycles. The standard InChI is InChI=1S/C13H18N2O2S.ClH/c1-9-2-3-12(16)11(6-9)15-13(17)7-10-8-18-5-4-14-10;/h2-3,6,10,14,16H,4-5,7-8H2,1H3,(H,15,17);1H. The number of amides is 1. The Hall–Kier alpha value is -0.910. The molecule has 0 aliphatic carbocycles. The van der Waals surface area contributed by atoms with E-state index in [1.165, 1.54) is 0 Å². The van der Waals surface area contributed by atoms with Crippen LogP contribution < -0.4 is 10.6 Å². The molecule has 1 unspecified atom stereocenters. The number of rotatable bonds is 3. The zero-order valence-corrected chi connectivity index (χ0v) is 12.4. The number of carbonyl (C=O) groups excluding carboxylic acids is 1. The fraction of sp³-hybridized carbons (Fsp3) is 0.462. The fourth-order valence-electron chi connectivity index (χ4n) is 1.93. The summed E-state index contributed by atoms with van der Waals surface area (Å²) in [5.74, 6) is 2.13. The van der Waals surface area contributed by atoms with Crippen molar-refractivity contribution in [3.05, 3.63) is 23.8 Å². The van der Waals surface area contributed by atoms with Crippen molar-refractivity contribution in [1.29, 1.82) is 0 Å². The van der Waals surface area contributed by atoms with Crippen LogP contribution in [-0.2, 0) is 4.79 Å². The molecule has 1 amide bonds. The summed E-state index contributed by atoms with van der Waals surface area (Å²) in [6.45, 7) is 2.88. The highest BCUT2D eigenvalue weighted by molar-refractivity contribution is 7.99. The van der Waals surface area contributed by atoms with Crippen molar-refractivity contribution in [3.8, 4) is 5.75 Å². The van der Waals surface area contributed by atoms with Crippen molar-refractivity contribution in [1.82, 2.24) is 5.32 Å². The van der Waals surface area contributed by atoms with Gasteiger partial charge in [-0.15, -0.1) is 12.4 Å². The average Bonchev–Trinajstić information content (AvgIpc) is 2.35. The van der Waals surface area contributed by atoms with Gasteiger partial charge in [-0.2, -0.15) is 11.8 Å². The number of halogens is 1. The van der Waals surface area contributed by atoms with Crippen molar-refractivity contribution in [2.24, 2.45) is 0 Å². The van der Waals surface area contributed by atoms with Crippen LogP contribution in [-0.4, -0.2) is 35.1 Å². The first kappa shape index (κ1) is 16.1. The van der Waals surface area contributed by atoms with Crippen LogP contribution in [0.25, 0.3) is 0 Å². The fourth-order valence-corrected chi connectivity index (χ4v) is 2.87. The number of carbonyl (C=O) groups is 1. The molecule has 1 heterocycles. The SMILES string of the molecule is Cc1ccc(O)c(NC(=O)CC2CSCCN2)c1.Cl. The van der Waals surface area contributed by atoms with Gasteiger partial charge < -0.3 is 15.7 Å². The Kier molecular flexibility index (Phi) is 6.48. The molecule has 1 fully saturated rings. The Morgan fingerprint density at radius 3 is 3.05 bits per heavy atom. The second kappa shape index (κ2) is 7.62. The van der Waals surface area contributed by atoms with Crippen molar-refractivity contribution >= 4 is 35.8 Å². The van der Waals surface area contributed by atoms with Gasteiger partial charge in [0.25, 0.3) is 0 Å². The molecule has 3 N–H and O–H groups in total. The Labute approximate surface area is 123 Å². The molecule has 1 atom stereocenters. The van der Waals surface area contributed by atoms with E-state index in [0.717, 1.165) is 23.6 Å².